The van der Waals surface area contributed by atoms with Gasteiger partial charge in [-0.25, -0.2) is 0 Å². The molecule has 0 radical (unpaired) electrons. The Balaban J connectivity index is 2.89. The van der Waals surface area contributed by atoms with Crippen LogP contribution in [-0.2, 0) is 0 Å². The first-order valence-electron chi connectivity index (χ1n) is 8.98. The van der Waals surface area contributed by atoms with Gasteiger partial charge in [0, 0.05) is 43.1 Å². The van der Waals surface area contributed by atoms with Crippen molar-refractivity contribution in [3.63, 3.8) is 0 Å². The maximum Gasteiger partial charge on any atom is 0.188 e. The largest absolute Gasteiger partial charge is 0.376 e. The Morgan fingerprint density at radius 2 is 1.42 bits per heavy atom. The summed E-state index contributed by atoms with van der Waals surface area (Å²) in [5.74, 6) is 0.0877. The van der Waals surface area contributed by atoms with Crippen molar-refractivity contribution in [3.05, 3.63) is 53.3 Å². The van der Waals surface area contributed by atoms with Crippen LogP contribution < -0.4 is 4.90 Å². The van der Waals surface area contributed by atoms with Gasteiger partial charge in [-0.2, -0.15) is 0 Å². The van der Waals surface area contributed by atoms with Crippen LogP contribution >= 0.6 is 0 Å². The highest BCUT2D eigenvalue weighted by molar-refractivity contribution is 6.08. The Morgan fingerprint density at radius 3 is 1.88 bits per heavy atom. The average molecular weight is 329 g/mol. The fraction of sp³-hybridized carbons (Fsp3) is 0.476. The van der Waals surface area contributed by atoms with E-state index in [-0.39, 0.29) is 5.78 Å². The molecule has 24 heavy (non-hydrogen) atoms. The fourth-order valence-electron chi connectivity index (χ4n) is 2.79. The van der Waals surface area contributed by atoms with Crippen LogP contribution in [0.4, 0.5) is 5.69 Å². The van der Waals surface area contributed by atoms with E-state index in [1.165, 1.54) is 5.70 Å². The molecule has 0 aliphatic heterocycles. The first kappa shape index (κ1) is 20.0. The molecule has 0 saturated heterocycles. The van der Waals surface area contributed by atoms with E-state index in [4.69, 9.17) is 0 Å². The maximum absolute atomic E-state index is 12.6. The molecular formula is C21H32N2O. The number of allylic oxidation sites excluding steroid dienone is 4. The third-order valence-electron chi connectivity index (χ3n) is 4.45. The average Bonchev–Trinajstić information content (AvgIpc) is 2.61. The summed E-state index contributed by atoms with van der Waals surface area (Å²) in [5, 5.41) is 0. The Hall–Kier alpha value is -2.03. The molecule has 0 heterocycles. The van der Waals surface area contributed by atoms with Gasteiger partial charge in [0.05, 0.1) is 0 Å². The van der Waals surface area contributed by atoms with Crippen LogP contribution in [0.5, 0.6) is 0 Å². The van der Waals surface area contributed by atoms with E-state index in [0.717, 1.165) is 43.0 Å². The second kappa shape index (κ2) is 9.96. The third kappa shape index (κ3) is 5.26. The van der Waals surface area contributed by atoms with Crippen LogP contribution in [0.25, 0.3) is 0 Å². The molecule has 0 fully saturated rings. The summed E-state index contributed by atoms with van der Waals surface area (Å²) in [7, 11) is 0. The lowest BCUT2D eigenvalue weighted by Crippen LogP contribution is -2.21. The first-order chi connectivity index (χ1) is 11.5. The number of carbonyl (C=O) groups is 1. The van der Waals surface area contributed by atoms with Crippen molar-refractivity contribution in [2.24, 2.45) is 0 Å². The summed E-state index contributed by atoms with van der Waals surface area (Å²) in [4.78, 5) is 17.1. The summed E-state index contributed by atoms with van der Waals surface area (Å²) in [6, 6.07) is 7.91. The van der Waals surface area contributed by atoms with E-state index in [9.17, 15) is 4.79 Å². The van der Waals surface area contributed by atoms with Gasteiger partial charge >= 0.3 is 0 Å². The monoisotopic (exact) mass is 328 g/mol. The standard InChI is InChI=1S/C21H32N2O/c1-7-22(8-2)18(6)12-11-17(5)21(24)19-13-15-20(16-14-19)23(9-3)10-4/h11-16H,7-10H2,1-6H3/b17-11+,18-12+. The number of rotatable bonds is 9. The Kier molecular flexibility index (Phi) is 8.31. The molecule has 0 spiro atoms. The number of ketones is 1. The second-order valence-corrected chi connectivity index (χ2v) is 5.88. The number of carbonyl (C=O) groups excluding carboxylic acids is 1. The molecule has 0 N–H and O–H groups in total. The molecule has 132 valence electrons. The van der Waals surface area contributed by atoms with Gasteiger partial charge in [-0.05, 0) is 77.5 Å². The molecule has 0 amide bonds. The molecule has 1 aromatic rings. The number of anilines is 1. The van der Waals surface area contributed by atoms with Crippen LogP contribution in [-0.4, -0.2) is 36.9 Å². The van der Waals surface area contributed by atoms with E-state index in [2.05, 4.69) is 44.4 Å². The highest BCUT2D eigenvalue weighted by Gasteiger charge is 2.09. The van der Waals surface area contributed by atoms with Crippen LogP contribution in [0.1, 0.15) is 51.9 Å². The van der Waals surface area contributed by atoms with Crippen molar-refractivity contribution in [1.82, 2.24) is 4.90 Å². The van der Waals surface area contributed by atoms with E-state index in [1.807, 2.05) is 43.3 Å². The molecule has 3 heteroatoms. The van der Waals surface area contributed by atoms with Crippen molar-refractivity contribution in [2.45, 2.75) is 41.5 Å². The zero-order valence-corrected chi connectivity index (χ0v) is 16.1. The van der Waals surface area contributed by atoms with Crippen LogP contribution in [0.3, 0.4) is 0 Å². The smallest absolute Gasteiger partial charge is 0.188 e. The van der Waals surface area contributed by atoms with Gasteiger partial charge in [-0.3, -0.25) is 4.79 Å². The highest BCUT2D eigenvalue weighted by Crippen LogP contribution is 2.17. The molecule has 0 atom stereocenters. The molecule has 0 aliphatic rings. The van der Waals surface area contributed by atoms with Crippen molar-refractivity contribution in [3.8, 4) is 0 Å². The molecule has 1 aromatic carbocycles. The van der Waals surface area contributed by atoms with E-state index >= 15 is 0 Å². The minimum Gasteiger partial charge on any atom is -0.376 e. The quantitative estimate of drug-likeness (QED) is 0.366. The van der Waals surface area contributed by atoms with Gasteiger partial charge in [0.1, 0.15) is 0 Å². The normalized spacial score (nSPS) is 12.2. The van der Waals surface area contributed by atoms with Crippen molar-refractivity contribution < 1.29 is 4.79 Å². The third-order valence-corrected chi connectivity index (χ3v) is 4.45. The minimum atomic E-state index is 0.0877. The van der Waals surface area contributed by atoms with Gasteiger partial charge < -0.3 is 9.80 Å². The topological polar surface area (TPSA) is 23.6 Å². The predicted molar refractivity (Wildman–Crippen MR) is 105 cm³/mol. The van der Waals surface area contributed by atoms with Crippen LogP contribution in [0, 0.1) is 0 Å². The van der Waals surface area contributed by atoms with Gasteiger partial charge in [-0.1, -0.05) is 6.08 Å². The summed E-state index contributed by atoms with van der Waals surface area (Å²) in [6.07, 6.45) is 3.96. The van der Waals surface area contributed by atoms with Crippen LogP contribution in [0.2, 0.25) is 0 Å². The van der Waals surface area contributed by atoms with E-state index in [0.29, 0.717) is 0 Å². The lowest BCUT2D eigenvalue weighted by molar-refractivity contribution is 0.103. The number of Topliss-reactive ketones (excluding diaryl/α,β-unsaturated/α-hetero) is 1. The van der Waals surface area contributed by atoms with Crippen molar-refractivity contribution in [2.75, 3.05) is 31.1 Å². The predicted octanol–water partition coefficient (Wildman–Crippen LogP) is 4.91. The molecule has 0 aromatic heterocycles. The molecule has 1 rings (SSSR count). The highest BCUT2D eigenvalue weighted by atomic mass is 16.1. The number of benzene rings is 1. The van der Waals surface area contributed by atoms with E-state index < -0.39 is 0 Å². The van der Waals surface area contributed by atoms with Gasteiger partial charge in [0.25, 0.3) is 0 Å². The molecular weight excluding hydrogens is 296 g/mol. The number of hydrogen-bond donors (Lipinski definition) is 0. The molecule has 0 aliphatic carbocycles. The summed E-state index contributed by atoms with van der Waals surface area (Å²) < 4.78 is 0. The Bertz CT molecular complexity index is 576. The van der Waals surface area contributed by atoms with Crippen molar-refractivity contribution in [1.29, 1.82) is 0 Å². The van der Waals surface area contributed by atoms with Crippen LogP contribution in [0.15, 0.2) is 47.7 Å². The molecule has 3 nitrogen and oxygen atoms in total. The molecule has 0 bridgehead atoms. The summed E-state index contributed by atoms with van der Waals surface area (Å²) in [5.41, 5.74) is 3.85. The van der Waals surface area contributed by atoms with Crippen molar-refractivity contribution >= 4 is 11.5 Å². The zero-order chi connectivity index (χ0) is 18.1. The summed E-state index contributed by atoms with van der Waals surface area (Å²) in [6.45, 7) is 16.4. The Labute approximate surface area is 147 Å². The fourth-order valence-corrected chi connectivity index (χ4v) is 2.79. The Morgan fingerprint density at radius 1 is 0.875 bits per heavy atom. The minimum absolute atomic E-state index is 0.0877. The summed E-state index contributed by atoms with van der Waals surface area (Å²) >= 11 is 0. The van der Waals surface area contributed by atoms with E-state index in [1.54, 1.807) is 0 Å². The molecule has 0 unspecified atom stereocenters. The zero-order valence-electron chi connectivity index (χ0n) is 16.1. The van der Waals surface area contributed by atoms with Gasteiger partial charge in [0.2, 0.25) is 0 Å². The number of nitrogens with zero attached hydrogens (tertiary/aromatic N) is 2. The maximum atomic E-state index is 12.6. The first-order valence-corrected chi connectivity index (χ1v) is 8.98. The van der Waals surface area contributed by atoms with Gasteiger partial charge in [0.15, 0.2) is 5.78 Å². The molecule has 0 saturated carbocycles. The van der Waals surface area contributed by atoms with Gasteiger partial charge in [-0.15, -0.1) is 0 Å². The second-order valence-electron chi connectivity index (χ2n) is 5.88. The lowest BCUT2D eigenvalue weighted by Gasteiger charge is -2.21. The lowest BCUT2D eigenvalue weighted by atomic mass is 10.0. The number of hydrogen-bond acceptors (Lipinski definition) is 3. The SMILES string of the molecule is CCN(CC)/C(C)=C/C=C(\C)C(=O)c1ccc(N(CC)CC)cc1.